The molecule has 3 N–H and O–H groups in total. The summed E-state index contributed by atoms with van der Waals surface area (Å²) in [6.07, 6.45) is 19.6. The van der Waals surface area contributed by atoms with Crippen molar-refractivity contribution in [1.29, 1.82) is 0 Å². The summed E-state index contributed by atoms with van der Waals surface area (Å²) >= 11 is 0. The van der Waals surface area contributed by atoms with E-state index in [1.54, 1.807) is 14.2 Å². The van der Waals surface area contributed by atoms with Crippen molar-refractivity contribution in [3.8, 4) is 0 Å². The molecule has 1 saturated carbocycles. The van der Waals surface area contributed by atoms with Crippen LogP contribution in [0.1, 0.15) is 70.6 Å². The van der Waals surface area contributed by atoms with Gasteiger partial charge in [0.1, 0.15) is 23.9 Å². The van der Waals surface area contributed by atoms with Crippen LogP contribution in [0.15, 0.2) is 35.5 Å². The molecule has 1 saturated heterocycles. The quantitative estimate of drug-likeness (QED) is 0.528. The normalized spacial score (nSPS) is 35.6. The van der Waals surface area contributed by atoms with Gasteiger partial charge >= 0.3 is 0 Å². The highest BCUT2D eigenvalue weighted by Gasteiger charge is 2.49. The SMILES string of the molecule is COC1OC(COC(C2=CC=CCC2)(C2=CCCCC2)C2CCCCC2)C(OC)C(O)C1N. The molecule has 0 aromatic heterocycles. The number of ether oxygens (including phenoxy) is 4. The zero-order valence-corrected chi connectivity index (χ0v) is 20.4. The monoisotopic (exact) mass is 461 g/mol. The standard InChI is InChI=1S/C27H43NO5/c1-30-25-22(33-26(31-2)23(28)24(25)29)18-32-27(19-12-6-3-7-13-19,20-14-8-4-9-15-20)21-16-10-5-11-17-21/h3,6,12,14,21-26,29H,4-5,7-11,13,15-18,28H2,1-2H3. The maximum Gasteiger partial charge on any atom is 0.175 e. The van der Waals surface area contributed by atoms with Crippen molar-refractivity contribution in [3.05, 3.63) is 35.5 Å². The summed E-state index contributed by atoms with van der Waals surface area (Å²) in [6, 6.07) is -0.661. The van der Waals surface area contributed by atoms with E-state index in [9.17, 15) is 5.11 Å². The Morgan fingerprint density at radius 2 is 1.85 bits per heavy atom. The van der Waals surface area contributed by atoms with E-state index < -0.39 is 36.2 Å². The van der Waals surface area contributed by atoms with Crippen LogP contribution in [0.5, 0.6) is 0 Å². The molecule has 0 spiro atoms. The van der Waals surface area contributed by atoms with Crippen LogP contribution < -0.4 is 5.73 Å². The van der Waals surface area contributed by atoms with E-state index in [0.717, 1.165) is 25.7 Å². The summed E-state index contributed by atoms with van der Waals surface area (Å²) < 4.78 is 24.4. The smallest absolute Gasteiger partial charge is 0.175 e. The molecule has 2 fully saturated rings. The van der Waals surface area contributed by atoms with Crippen LogP contribution in [-0.2, 0) is 18.9 Å². The largest absolute Gasteiger partial charge is 0.388 e. The summed E-state index contributed by atoms with van der Waals surface area (Å²) in [5.41, 5.74) is 8.59. The van der Waals surface area contributed by atoms with Gasteiger partial charge in [0.2, 0.25) is 0 Å². The Kier molecular flexibility index (Phi) is 8.82. The average Bonchev–Trinajstić information content (AvgIpc) is 2.88. The highest BCUT2D eigenvalue weighted by atomic mass is 16.7. The van der Waals surface area contributed by atoms with Gasteiger partial charge in [-0.05, 0) is 68.4 Å². The minimum Gasteiger partial charge on any atom is -0.388 e. The fourth-order valence-corrected chi connectivity index (χ4v) is 6.42. The molecule has 6 unspecified atom stereocenters. The number of rotatable bonds is 8. The van der Waals surface area contributed by atoms with Crippen LogP contribution in [-0.4, -0.2) is 62.2 Å². The van der Waals surface area contributed by atoms with Crippen LogP contribution in [0.25, 0.3) is 0 Å². The number of aliphatic hydroxyl groups is 1. The molecule has 0 bridgehead atoms. The molecule has 4 rings (SSSR count). The minimum atomic E-state index is -0.878. The van der Waals surface area contributed by atoms with Crippen molar-refractivity contribution in [2.24, 2.45) is 11.7 Å². The van der Waals surface area contributed by atoms with Gasteiger partial charge < -0.3 is 29.8 Å². The van der Waals surface area contributed by atoms with Crippen molar-refractivity contribution in [2.75, 3.05) is 20.8 Å². The first-order valence-electron chi connectivity index (χ1n) is 13.0. The van der Waals surface area contributed by atoms with Crippen molar-refractivity contribution < 1.29 is 24.1 Å². The number of hydrogen-bond acceptors (Lipinski definition) is 6. The van der Waals surface area contributed by atoms with Gasteiger partial charge in [-0.25, -0.2) is 0 Å². The Morgan fingerprint density at radius 1 is 1.03 bits per heavy atom. The Balaban J connectivity index is 1.67. The van der Waals surface area contributed by atoms with Crippen LogP contribution >= 0.6 is 0 Å². The van der Waals surface area contributed by atoms with Crippen LogP contribution in [0, 0.1) is 5.92 Å². The van der Waals surface area contributed by atoms with Crippen molar-refractivity contribution in [2.45, 2.75) is 107 Å². The highest BCUT2D eigenvalue weighted by Crippen LogP contribution is 2.49. The molecule has 6 heteroatoms. The van der Waals surface area contributed by atoms with Gasteiger partial charge in [0, 0.05) is 14.2 Å². The zero-order chi connectivity index (χ0) is 23.3. The van der Waals surface area contributed by atoms with E-state index in [-0.39, 0.29) is 0 Å². The predicted molar refractivity (Wildman–Crippen MR) is 129 cm³/mol. The number of hydrogen-bond donors (Lipinski definition) is 2. The van der Waals surface area contributed by atoms with Gasteiger partial charge in [-0.2, -0.15) is 0 Å². The molecule has 0 amide bonds. The van der Waals surface area contributed by atoms with Gasteiger partial charge in [-0.1, -0.05) is 43.6 Å². The molecular formula is C27H43NO5. The zero-order valence-electron chi connectivity index (χ0n) is 20.4. The first-order valence-corrected chi connectivity index (χ1v) is 13.0. The maximum absolute atomic E-state index is 10.8. The molecule has 6 nitrogen and oxygen atoms in total. The lowest BCUT2D eigenvalue weighted by molar-refractivity contribution is -0.270. The highest BCUT2D eigenvalue weighted by molar-refractivity contribution is 5.39. The summed E-state index contributed by atoms with van der Waals surface area (Å²) in [7, 11) is 3.15. The molecule has 186 valence electrons. The van der Waals surface area contributed by atoms with E-state index in [2.05, 4.69) is 24.3 Å². The Hall–Kier alpha value is -1.02. The Bertz CT molecular complexity index is 728. The van der Waals surface area contributed by atoms with Crippen LogP contribution in [0.4, 0.5) is 0 Å². The topological polar surface area (TPSA) is 83.2 Å². The second-order valence-electron chi connectivity index (χ2n) is 10.1. The van der Waals surface area contributed by atoms with E-state index in [0.29, 0.717) is 12.5 Å². The molecule has 0 radical (unpaired) electrons. The van der Waals surface area contributed by atoms with Gasteiger partial charge in [-0.3, -0.25) is 0 Å². The number of nitrogens with two attached hydrogens (primary N) is 1. The summed E-state index contributed by atoms with van der Waals surface area (Å²) in [5.74, 6) is 0.461. The molecule has 3 aliphatic carbocycles. The summed E-state index contributed by atoms with van der Waals surface area (Å²) in [5, 5.41) is 10.8. The van der Waals surface area contributed by atoms with Crippen molar-refractivity contribution in [3.63, 3.8) is 0 Å². The van der Waals surface area contributed by atoms with Gasteiger partial charge in [-0.15, -0.1) is 0 Å². The lowest BCUT2D eigenvalue weighted by atomic mass is 9.65. The van der Waals surface area contributed by atoms with Crippen LogP contribution in [0.3, 0.4) is 0 Å². The average molecular weight is 462 g/mol. The van der Waals surface area contributed by atoms with Crippen molar-refractivity contribution in [1.82, 2.24) is 0 Å². The summed E-state index contributed by atoms with van der Waals surface area (Å²) in [4.78, 5) is 0. The molecule has 4 aliphatic rings. The molecule has 1 heterocycles. The summed E-state index contributed by atoms with van der Waals surface area (Å²) in [6.45, 7) is 0.330. The second kappa shape index (κ2) is 11.6. The Labute approximate surface area is 199 Å². The first-order chi connectivity index (χ1) is 16.1. The van der Waals surface area contributed by atoms with E-state index in [1.807, 2.05) is 0 Å². The molecule has 1 aliphatic heterocycles. The van der Waals surface area contributed by atoms with E-state index in [4.69, 9.17) is 24.7 Å². The minimum absolute atomic E-state index is 0.330. The van der Waals surface area contributed by atoms with Crippen LogP contribution in [0.2, 0.25) is 0 Å². The molecule has 33 heavy (non-hydrogen) atoms. The van der Waals surface area contributed by atoms with E-state index in [1.165, 1.54) is 56.1 Å². The molecule has 0 aromatic rings. The Morgan fingerprint density at radius 3 is 2.48 bits per heavy atom. The number of allylic oxidation sites excluding steroid dienone is 4. The number of aliphatic hydroxyl groups excluding tert-OH is 1. The number of methoxy groups -OCH3 is 2. The van der Waals surface area contributed by atoms with Crippen molar-refractivity contribution >= 4 is 0 Å². The lowest BCUT2D eigenvalue weighted by Crippen LogP contribution is -2.63. The van der Waals surface area contributed by atoms with Gasteiger partial charge in [0.15, 0.2) is 6.29 Å². The molecule has 0 aromatic carbocycles. The maximum atomic E-state index is 10.8. The van der Waals surface area contributed by atoms with Gasteiger partial charge in [0.05, 0.1) is 12.6 Å². The fourth-order valence-electron chi connectivity index (χ4n) is 6.42. The third-order valence-corrected chi connectivity index (χ3v) is 8.14. The van der Waals surface area contributed by atoms with Gasteiger partial charge in [0.25, 0.3) is 0 Å². The third kappa shape index (κ3) is 5.16. The first kappa shape index (κ1) is 25.1. The molecular weight excluding hydrogens is 418 g/mol. The van der Waals surface area contributed by atoms with E-state index >= 15 is 0 Å². The molecule has 6 atom stereocenters. The fraction of sp³-hybridized carbons (Fsp3) is 0.778. The second-order valence-corrected chi connectivity index (χ2v) is 10.1. The lowest BCUT2D eigenvalue weighted by Gasteiger charge is -2.49. The predicted octanol–water partition coefficient (Wildman–Crippen LogP) is 4.17. The third-order valence-electron chi connectivity index (χ3n) is 8.14.